The fraction of sp³-hybridized carbons (Fsp3) is 0.824. The van der Waals surface area contributed by atoms with Gasteiger partial charge in [-0.1, -0.05) is 58.4 Å². The van der Waals surface area contributed by atoms with Crippen molar-refractivity contribution < 1.29 is 17.9 Å². The van der Waals surface area contributed by atoms with E-state index in [-0.39, 0.29) is 5.90 Å². The van der Waals surface area contributed by atoms with Crippen LogP contribution in [0.3, 0.4) is 0 Å². The van der Waals surface area contributed by atoms with E-state index in [2.05, 4.69) is 18.5 Å². The van der Waals surface area contributed by atoms with E-state index in [9.17, 15) is 13.2 Å². The Labute approximate surface area is 131 Å². The summed E-state index contributed by atoms with van der Waals surface area (Å²) >= 11 is 0. The summed E-state index contributed by atoms with van der Waals surface area (Å²) < 4.78 is 43.6. The van der Waals surface area contributed by atoms with Gasteiger partial charge in [0.1, 0.15) is 6.61 Å². The van der Waals surface area contributed by atoms with E-state index in [1.165, 1.54) is 38.5 Å². The van der Waals surface area contributed by atoms with Crippen molar-refractivity contribution in [3.63, 3.8) is 0 Å². The van der Waals surface area contributed by atoms with Gasteiger partial charge in [0.2, 0.25) is 5.90 Å². The summed E-state index contributed by atoms with van der Waals surface area (Å²) in [5.41, 5.74) is -1.54. The summed E-state index contributed by atoms with van der Waals surface area (Å²) in [4.78, 5) is 3.71. The predicted molar refractivity (Wildman–Crippen MR) is 84.2 cm³/mol. The van der Waals surface area contributed by atoms with Gasteiger partial charge in [-0.2, -0.15) is 13.2 Å². The first-order valence-electron chi connectivity index (χ1n) is 8.27. The maximum absolute atomic E-state index is 12.8. The Kier molecular flexibility index (Phi) is 7.43. The van der Waals surface area contributed by atoms with Gasteiger partial charge in [-0.15, -0.1) is 0 Å². The lowest BCUT2D eigenvalue weighted by atomic mass is 10.0. The molecule has 0 aromatic heterocycles. The Morgan fingerprint density at radius 1 is 1.14 bits per heavy atom. The number of unbranched alkanes of at least 4 members (excludes halogenated alkanes) is 7. The maximum atomic E-state index is 12.8. The molecule has 0 bridgehead atoms. The topological polar surface area (TPSA) is 21.6 Å². The highest BCUT2D eigenvalue weighted by Crippen LogP contribution is 2.37. The van der Waals surface area contributed by atoms with Crippen LogP contribution >= 0.6 is 0 Å². The lowest BCUT2D eigenvalue weighted by molar-refractivity contribution is -0.182. The summed E-state index contributed by atoms with van der Waals surface area (Å²) in [5, 5.41) is 0. The first kappa shape index (κ1) is 19.0. The van der Waals surface area contributed by atoms with E-state index < -0.39 is 18.3 Å². The summed E-state index contributed by atoms with van der Waals surface area (Å²) in [5.74, 6) is 0.0859. The fourth-order valence-corrected chi connectivity index (χ4v) is 2.40. The molecule has 0 saturated heterocycles. The molecule has 0 aliphatic carbocycles. The second-order valence-electron chi connectivity index (χ2n) is 6.31. The molecule has 0 N–H and O–H groups in total. The van der Waals surface area contributed by atoms with Gasteiger partial charge in [0.05, 0.1) is 0 Å². The minimum atomic E-state index is -4.38. The third-order valence-corrected chi connectivity index (χ3v) is 4.08. The molecule has 5 heteroatoms. The molecule has 1 heterocycles. The van der Waals surface area contributed by atoms with Crippen LogP contribution in [0.2, 0.25) is 0 Å². The number of hydrogen-bond acceptors (Lipinski definition) is 2. The minimum Gasteiger partial charge on any atom is -0.475 e. The summed E-state index contributed by atoms with van der Waals surface area (Å²) in [6, 6.07) is 0. The lowest BCUT2D eigenvalue weighted by Crippen LogP contribution is -2.41. The molecule has 1 atom stereocenters. The van der Waals surface area contributed by atoms with Crippen LogP contribution in [-0.4, -0.2) is 24.2 Å². The van der Waals surface area contributed by atoms with E-state index in [1.54, 1.807) is 0 Å². The van der Waals surface area contributed by atoms with Gasteiger partial charge in [0.25, 0.3) is 0 Å². The average molecular weight is 319 g/mol. The molecule has 0 saturated carbocycles. The SMILES string of the molecule is C=C(CCCCCCCCCC)C1=NC(C)(C(F)(F)F)CO1. The number of alkyl halides is 3. The Balaban J connectivity index is 2.23. The van der Waals surface area contributed by atoms with Gasteiger partial charge in [0, 0.05) is 5.57 Å². The largest absolute Gasteiger partial charge is 0.475 e. The van der Waals surface area contributed by atoms with Crippen molar-refractivity contribution in [2.75, 3.05) is 6.61 Å². The summed E-state index contributed by atoms with van der Waals surface area (Å²) in [7, 11) is 0. The van der Waals surface area contributed by atoms with Crippen LogP contribution < -0.4 is 0 Å². The zero-order chi connectivity index (χ0) is 16.6. The first-order valence-corrected chi connectivity index (χ1v) is 8.27. The molecule has 2 nitrogen and oxygen atoms in total. The number of rotatable bonds is 10. The fourth-order valence-electron chi connectivity index (χ4n) is 2.40. The molecular formula is C17H28F3NO. The molecule has 128 valence electrons. The Morgan fingerprint density at radius 2 is 1.68 bits per heavy atom. The third kappa shape index (κ3) is 5.65. The van der Waals surface area contributed by atoms with Crippen molar-refractivity contribution in [1.82, 2.24) is 0 Å². The van der Waals surface area contributed by atoms with E-state index in [1.807, 2.05) is 0 Å². The summed E-state index contributed by atoms with van der Waals surface area (Å²) in [6.07, 6.45) is 5.80. The normalized spacial score (nSPS) is 21.6. The lowest BCUT2D eigenvalue weighted by Gasteiger charge is -2.21. The van der Waals surface area contributed by atoms with Crippen LogP contribution in [0.1, 0.15) is 71.6 Å². The van der Waals surface area contributed by atoms with Crippen LogP contribution in [0.25, 0.3) is 0 Å². The first-order chi connectivity index (χ1) is 10.3. The van der Waals surface area contributed by atoms with Crippen LogP contribution in [0.5, 0.6) is 0 Å². The molecule has 0 radical (unpaired) electrons. The molecule has 1 rings (SSSR count). The van der Waals surface area contributed by atoms with Gasteiger partial charge < -0.3 is 4.74 Å². The highest BCUT2D eigenvalue weighted by molar-refractivity contribution is 5.94. The number of halogens is 3. The highest BCUT2D eigenvalue weighted by Gasteiger charge is 2.55. The Morgan fingerprint density at radius 3 is 2.18 bits per heavy atom. The van der Waals surface area contributed by atoms with Crippen molar-refractivity contribution in [3.8, 4) is 0 Å². The molecular weight excluding hydrogens is 291 g/mol. The van der Waals surface area contributed by atoms with Crippen molar-refractivity contribution >= 4 is 5.90 Å². The molecule has 1 unspecified atom stereocenters. The second kappa shape index (κ2) is 8.59. The van der Waals surface area contributed by atoms with Gasteiger partial charge in [-0.3, -0.25) is 0 Å². The van der Waals surface area contributed by atoms with Crippen molar-refractivity contribution in [3.05, 3.63) is 12.2 Å². The van der Waals surface area contributed by atoms with Gasteiger partial charge in [-0.05, 0) is 19.8 Å². The Hall–Kier alpha value is -1.00. The minimum absolute atomic E-state index is 0.0859. The second-order valence-corrected chi connectivity index (χ2v) is 6.31. The molecule has 0 aromatic carbocycles. The standard InChI is InChI=1S/C17H28F3NO/c1-4-5-6-7-8-9-10-11-12-14(2)15-21-16(3,13-22-15)17(18,19)20/h2,4-13H2,1,3H3. The molecule has 22 heavy (non-hydrogen) atoms. The van der Waals surface area contributed by atoms with Crippen molar-refractivity contribution in [2.24, 2.45) is 4.99 Å². The van der Waals surface area contributed by atoms with E-state index in [4.69, 9.17) is 4.74 Å². The molecule has 1 aliphatic rings. The van der Waals surface area contributed by atoms with Gasteiger partial charge >= 0.3 is 6.18 Å². The molecule has 0 spiro atoms. The number of nitrogens with zero attached hydrogens (tertiary/aromatic N) is 1. The van der Waals surface area contributed by atoms with E-state index in [0.29, 0.717) is 12.0 Å². The van der Waals surface area contributed by atoms with Gasteiger partial charge in [-0.25, -0.2) is 4.99 Å². The highest BCUT2D eigenvalue weighted by atomic mass is 19.4. The smallest absolute Gasteiger partial charge is 0.416 e. The number of ether oxygens (including phenoxy) is 1. The zero-order valence-corrected chi connectivity index (χ0v) is 13.8. The Bertz CT molecular complexity index is 390. The van der Waals surface area contributed by atoms with Gasteiger partial charge in [0.15, 0.2) is 5.54 Å². The monoisotopic (exact) mass is 319 g/mol. The zero-order valence-electron chi connectivity index (χ0n) is 13.8. The number of aliphatic imine (C=N–C) groups is 1. The van der Waals surface area contributed by atoms with E-state index >= 15 is 0 Å². The van der Waals surface area contributed by atoms with Crippen LogP contribution in [0.15, 0.2) is 17.1 Å². The average Bonchev–Trinajstić information content (AvgIpc) is 2.85. The molecule has 1 aliphatic heterocycles. The molecule has 0 amide bonds. The van der Waals surface area contributed by atoms with Crippen molar-refractivity contribution in [1.29, 1.82) is 0 Å². The van der Waals surface area contributed by atoms with Crippen LogP contribution in [0.4, 0.5) is 13.2 Å². The third-order valence-electron chi connectivity index (χ3n) is 4.08. The molecule has 0 aromatic rings. The predicted octanol–water partition coefficient (Wildman–Crippen LogP) is 5.82. The molecule has 0 fully saturated rings. The quantitative estimate of drug-likeness (QED) is 0.465. The maximum Gasteiger partial charge on any atom is 0.416 e. The van der Waals surface area contributed by atoms with Crippen LogP contribution in [0, 0.1) is 0 Å². The van der Waals surface area contributed by atoms with Crippen LogP contribution in [-0.2, 0) is 4.74 Å². The van der Waals surface area contributed by atoms with E-state index in [0.717, 1.165) is 19.8 Å². The number of hydrogen-bond donors (Lipinski definition) is 0. The summed E-state index contributed by atoms with van der Waals surface area (Å²) in [6.45, 7) is 6.63. The van der Waals surface area contributed by atoms with Crippen molar-refractivity contribution in [2.45, 2.75) is 83.4 Å².